The van der Waals surface area contributed by atoms with Crippen molar-refractivity contribution in [3.63, 3.8) is 0 Å². The van der Waals surface area contributed by atoms with Crippen molar-refractivity contribution in [1.82, 2.24) is 0 Å². The van der Waals surface area contributed by atoms with E-state index in [0.717, 1.165) is 5.56 Å². The number of benzene rings is 3. The van der Waals surface area contributed by atoms with Crippen LogP contribution in [0.25, 0.3) is 0 Å². The first-order chi connectivity index (χ1) is 13.1. The molecule has 0 heterocycles. The molecule has 0 saturated carbocycles. The van der Waals surface area contributed by atoms with Crippen molar-refractivity contribution in [2.45, 2.75) is 6.92 Å². The summed E-state index contributed by atoms with van der Waals surface area (Å²) < 4.78 is 10.6. The molecule has 0 unspecified atom stereocenters. The van der Waals surface area contributed by atoms with E-state index in [0.29, 0.717) is 17.1 Å². The summed E-state index contributed by atoms with van der Waals surface area (Å²) in [6.45, 7) is 1.79. The minimum Gasteiger partial charge on any atom is -0.410 e. The predicted octanol–water partition coefficient (Wildman–Crippen LogP) is 5.22. The van der Waals surface area contributed by atoms with Gasteiger partial charge in [-0.05, 0) is 42.8 Å². The summed E-state index contributed by atoms with van der Waals surface area (Å²) in [5.41, 5.74) is 1.97. The number of rotatable bonds is 4. The van der Waals surface area contributed by atoms with Crippen molar-refractivity contribution in [3.05, 3.63) is 84.4 Å². The van der Waals surface area contributed by atoms with E-state index >= 15 is 0 Å². The van der Waals surface area contributed by atoms with Crippen LogP contribution in [0.1, 0.15) is 5.56 Å². The molecule has 0 aromatic heterocycles. The van der Waals surface area contributed by atoms with Gasteiger partial charge in [0.25, 0.3) is 0 Å². The second kappa shape index (κ2) is 8.53. The van der Waals surface area contributed by atoms with Gasteiger partial charge in [0, 0.05) is 17.4 Å². The van der Waals surface area contributed by atoms with E-state index in [4.69, 9.17) is 9.47 Å². The zero-order chi connectivity index (χ0) is 19.1. The van der Waals surface area contributed by atoms with Crippen molar-refractivity contribution in [2.24, 2.45) is 0 Å². The predicted molar refractivity (Wildman–Crippen MR) is 103 cm³/mol. The van der Waals surface area contributed by atoms with Crippen molar-refractivity contribution in [2.75, 3.05) is 10.6 Å². The average Bonchev–Trinajstić information content (AvgIpc) is 2.66. The molecule has 0 saturated heterocycles. The molecule has 3 aromatic rings. The molecule has 3 rings (SSSR count). The molecule has 0 aliphatic carbocycles. The summed E-state index contributed by atoms with van der Waals surface area (Å²) in [7, 11) is 0. The molecular formula is C21H18N2O4. The van der Waals surface area contributed by atoms with Gasteiger partial charge in [-0.25, -0.2) is 9.59 Å². The second-order valence-electron chi connectivity index (χ2n) is 5.69. The monoisotopic (exact) mass is 362 g/mol. The molecule has 2 N–H and O–H groups in total. The van der Waals surface area contributed by atoms with Gasteiger partial charge in [0.05, 0.1) is 0 Å². The number of hydrogen-bond donors (Lipinski definition) is 2. The Morgan fingerprint density at radius 2 is 1.22 bits per heavy atom. The number of ether oxygens (including phenoxy) is 2. The van der Waals surface area contributed by atoms with E-state index in [1.54, 1.807) is 67.6 Å². The van der Waals surface area contributed by atoms with Gasteiger partial charge in [0.1, 0.15) is 11.5 Å². The van der Waals surface area contributed by atoms with Crippen LogP contribution < -0.4 is 20.1 Å². The van der Waals surface area contributed by atoms with Crippen LogP contribution in [0.2, 0.25) is 0 Å². The fourth-order valence-electron chi connectivity index (χ4n) is 2.29. The van der Waals surface area contributed by atoms with Crippen LogP contribution in [0.4, 0.5) is 21.0 Å². The van der Waals surface area contributed by atoms with Crippen LogP contribution in [-0.2, 0) is 0 Å². The molecule has 0 spiro atoms. The Balaban J connectivity index is 1.63. The standard InChI is InChI=1S/C21H18N2O4/c1-15-12-13-18(26-20(24)22-16-8-4-2-5-9-16)14-19(15)27-21(25)23-17-10-6-3-7-11-17/h2-14H,1H3,(H,22,24)(H,23,25). The summed E-state index contributed by atoms with van der Waals surface area (Å²) >= 11 is 0. The first-order valence-corrected chi connectivity index (χ1v) is 8.28. The van der Waals surface area contributed by atoms with Crippen molar-refractivity contribution in [1.29, 1.82) is 0 Å². The zero-order valence-corrected chi connectivity index (χ0v) is 14.6. The number of amides is 2. The highest BCUT2D eigenvalue weighted by molar-refractivity contribution is 5.87. The number of aryl methyl sites for hydroxylation is 1. The Kier molecular flexibility index (Phi) is 5.69. The minimum atomic E-state index is -0.634. The van der Waals surface area contributed by atoms with Crippen LogP contribution in [0.5, 0.6) is 11.5 Å². The van der Waals surface area contributed by atoms with E-state index in [2.05, 4.69) is 10.6 Å². The topological polar surface area (TPSA) is 76.7 Å². The quantitative estimate of drug-likeness (QED) is 0.667. The van der Waals surface area contributed by atoms with Crippen LogP contribution in [-0.4, -0.2) is 12.2 Å². The largest absolute Gasteiger partial charge is 0.417 e. The van der Waals surface area contributed by atoms with E-state index in [9.17, 15) is 9.59 Å². The van der Waals surface area contributed by atoms with Gasteiger partial charge >= 0.3 is 12.2 Å². The Morgan fingerprint density at radius 3 is 1.78 bits per heavy atom. The van der Waals surface area contributed by atoms with Gasteiger partial charge in [-0.3, -0.25) is 10.6 Å². The smallest absolute Gasteiger partial charge is 0.410 e. The third-order valence-corrected chi connectivity index (χ3v) is 3.61. The van der Waals surface area contributed by atoms with Gasteiger partial charge in [-0.15, -0.1) is 0 Å². The Hall–Kier alpha value is -3.80. The van der Waals surface area contributed by atoms with Crippen molar-refractivity contribution >= 4 is 23.6 Å². The summed E-state index contributed by atoms with van der Waals surface area (Å²) in [6.07, 6.45) is -1.26. The third kappa shape index (κ3) is 5.34. The molecule has 3 aromatic carbocycles. The third-order valence-electron chi connectivity index (χ3n) is 3.61. The van der Waals surface area contributed by atoms with Gasteiger partial charge in [-0.2, -0.15) is 0 Å². The molecule has 0 bridgehead atoms. The van der Waals surface area contributed by atoms with E-state index in [1.165, 1.54) is 6.07 Å². The molecule has 0 atom stereocenters. The highest BCUT2D eigenvalue weighted by Crippen LogP contribution is 2.25. The number of nitrogens with one attached hydrogen (secondary N) is 2. The average molecular weight is 362 g/mol. The van der Waals surface area contributed by atoms with Gasteiger partial charge in [0.2, 0.25) is 0 Å². The summed E-state index contributed by atoms with van der Waals surface area (Å²) in [5, 5.41) is 5.25. The molecule has 0 aliphatic heterocycles. The highest BCUT2D eigenvalue weighted by atomic mass is 16.6. The Bertz CT molecular complexity index is 927. The first kappa shape index (κ1) is 18.0. The van der Waals surface area contributed by atoms with E-state index in [1.807, 2.05) is 12.1 Å². The maximum Gasteiger partial charge on any atom is 0.417 e. The molecule has 2 amide bonds. The number of carbonyl (C=O) groups excluding carboxylic acids is 2. The Labute approximate surface area is 156 Å². The normalized spacial score (nSPS) is 9.96. The molecule has 6 heteroatoms. The first-order valence-electron chi connectivity index (χ1n) is 8.28. The summed E-state index contributed by atoms with van der Waals surface area (Å²) in [6, 6.07) is 22.7. The van der Waals surface area contributed by atoms with Crippen molar-refractivity contribution < 1.29 is 19.1 Å². The lowest BCUT2D eigenvalue weighted by Crippen LogP contribution is -2.18. The second-order valence-corrected chi connectivity index (χ2v) is 5.69. The number of hydrogen-bond acceptors (Lipinski definition) is 4. The lowest BCUT2D eigenvalue weighted by Gasteiger charge is -2.11. The lowest BCUT2D eigenvalue weighted by molar-refractivity contribution is 0.213. The maximum absolute atomic E-state index is 12.1. The van der Waals surface area contributed by atoms with Crippen LogP contribution in [0.3, 0.4) is 0 Å². The van der Waals surface area contributed by atoms with Gasteiger partial charge in [0.15, 0.2) is 0 Å². The van der Waals surface area contributed by atoms with Crippen LogP contribution in [0.15, 0.2) is 78.9 Å². The molecule has 6 nitrogen and oxygen atoms in total. The van der Waals surface area contributed by atoms with Gasteiger partial charge in [-0.1, -0.05) is 42.5 Å². The molecule has 0 radical (unpaired) electrons. The molecular weight excluding hydrogens is 344 g/mol. The number of anilines is 2. The SMILES string of the molecule is Cc1ccc(OC(=O)Nc2ccccc2)cc1OC(=O)Nc1ccccc1. The molecule has 27 heavy (non-hydrogen) atoms. The zero-order valence-electron chi connectivity index (χ0n) is 14.6. The lowest BCUT2D eigenvalue weighted by atomic mass is 10.2. The van der Waals surface area contributed by atoms with Crippen molar-refractivity contribution in [3.8, 4) is 11.5 Å². The fraction of sp³-hybridized carbons (Fsp3) is 0.0476. The van der Waals surface area contributed by atoms with Crippen LogP contribution in [0, 0.1) is 6.92 Å². The van der Waals surface area contributed by atoms with Crippen LogP contribution >= 0.6 is 0 Å². The molecule has 136 valence electrons. The van der Waals surface area contributed by atoms with E-state index in [-0.39, 0.29) is 5.75 Å². The summed E-state index contributed by atoms with van der Waals surface area (Å²) in [5.74, 6) is 0.560. The number of para-hydroxylation sites is 2. The maximum atomic E-state index is 12.1. The van der Waals surface area contributed by atoms with E-state index < -0.39 is 12.2 Å². The molecule has 0 fully saturated rings. The molecule has 0 aliphatic rings. The minimum absolute atomic E-state index is 0.261. The van der Waals surface area contributed by atoms with Gasteiger partial charge < -0.3 is 9.47 Å². The summed E-state index contributed by atoms with van der Waals surface area (Å²) in [4.78, 5) is 24.0. The Morgan fingerprint density at radius 1 is 0.704 bits per heavy atom. The fourth-order valence-corrected chi connectivity index (χ4v) is 2.29. The number of carbonyl (C=O) groups is 2. The highest BCUT2D eigenvalue weighted by Gasteiger charge is 2.11.